The van der Waals surface area contributed by atoms with Crippen LogP contribution in [0.1, 0.15) is 72.8 Å². The fraction of sp³-hybridized carbons (Fsp3) is 0.600. The highest BCUT2D eigenvalue weighted by Gasteiger charge is 2.31. The molecule has 1 aliphatic carbocycles. The normalized spacial score (nSPS) is 14.9. The maximum absolute atomic E-state index is 12.0. The van der Waals surface area contributed by atoms with E-state index in [4.69, 9.17) is 9.72 Å². The minimum atomic E-state index is -0.231. The monoisotopic (exact) mass is 247 g/mol. The molecule has 3 nitrogen and oxygen atoms in total. The van der Waals surface area contributed by atoms with Crippen LogP contribution in [0, 0.1) is 6.92 Å². The third-order valence-electron chi connectivity index (χ3n) is 3.29. The van der Waals surface area contributed by atoms with E-state index in [-0.39, 0.29) is 5.97 Å². The summed E-state index contributed by atoms with van der Waals surface area (Å²) < 4.78 is 5.12. The summed E-state index contributed by atoms with van der Waals surface area (Å²) in [6, 6.07) is 1.95. The molecule has 1 aromatic rings. The van der Waals surface area contributed by atoms with Crippen LogP contribution < -0.4 is 0 Å². The minimum Gasteiger partial charge on any atom is -0.462 e. The molecule has 0 atom stereocenters. The Balaban J connectivity index is 2.44. The second-order valence-corrected chi connectivity index (χ2v) is 5.27. The number of carbonyl (C=O) groups excluding carboxylic acids is 1. The number of hydrogen-bond acceptors (Lipinski definition) is 3. The summed E-state index contributed by atoms with van der Waals surface area (Å²) in [4.78, 5) is 16.7. The first-order valence-corrected chi connectivity index (χ1v) is 6.73. The van der Waals surface area contributed by atoms with E-state index in [0.29, 0.717) is 24.0 Å². The predicted octanol–water partition coefficient (Wildman–Crippen LogP) is 3.57. The van der Waals surface area contributed by atoms with Gasteiger partial charge in [-0.15, -0.1) is 0 Å². The molecule has 0 saturated heterocycles. The van der Waals surface area contributed by atoms with Crippen molar-refractivity contribution in [1.82, 2.24) is 4.98 Å². The summed E-state index contributed by atoms with van der Waals surface area (Å²) in [6.45, 7) is 8.53. The average molecular weight is 247 g/mol. The highest BCUT2D eigenvalue weighted by Crippen LogP contribution is 2.41. The number of rotatable bonds is 4. The van der Waals surface area contributed by atoms with Gasteiger partial charge in [0.15, 0.2) is 0 Å². The second-order valence-electron chi connectivity index (χ2n) is 5.27. The molecule has 0 unspecified atom stereocenters. The van der Waals surface area contributed by atoms with Gasteiger partial charge in [-0.25, -0.2) is 4.79 Å². The lowest BCUT2D eigenvalue weighted by molar-refractivity contribution is 0.0524. The van der Waals surface area contributed by atoms with Crippen molar-refractivity contribution < 1.29 is 9.53 Å². The van der Waals surface area contributed by atoms with Gasteiger partial charge in [0.1, 0.15) is 0 Å². The van der Waals surface area contributed by atoms with Crippen molar-refractivity contribution in [3.63, 3.8) is 0 Å². The van der Waals surface area contributed by atoms with Gasteiger partial charge in [-0.2, -0.15) is 0 Å². The maximum atomic E-state index is 12.0. The highest BCUT2D eigenvalue weighted by atomic mass is 16.5. The molecule has 1 aromatic heterocycles. The highest BCUT2D eigenvalue weighted by molar-refractivity contribution is 5.91. The molecule has 0 bridgehead atoms. The van der Waals surface area contributed by atoms with Crippen LogP contribution in [0.25, 0.3) is 0 Å². The van der Waals surface area contributed by atoms with Gasteiger partial charge in [0.25, 0.3) is 0 Å². The fourth-order valence-electron chi connectivity index (χ4n) is 2.27. The largest absolute Gasteiger partial charge is 0.462 e. The van der Waals surface area contributed by atoms with Gasteiger partial charge in [-0.05, 0) is 44.2 Å². The standard InChI is InChI=1S/C15H21NO2/c1-5-18-15(17)12-8-10(4)13(9(2)3)16-14(12)11-6-7-11/h8-9,11H,5-7H2,1-4H3. The van der Waals surface area contributed by atoms with Gasteiger partial charge in [0, 0.05) is 11.6 Å². The third-order valence-corrected chi connectivity index (χ3v) is 3.29. The van der Waals surface area contributed by atoms with Crippen LogP contribution in [0.15, 0.2) is 6.07 Å². The second kappa shape index (κ2) is 5.09. The number of esters is 1. The molecular weight excluding hydrogens is 226 g/mol. The van der Waals surface area contributed by atoms with Crippen molar-refractivity contribution in [3.05, 3.63) is 28.6 Å². The van der Waals surface area contributed by atoms with Gasteiger partial charge in [0.2, 0.25) is 0 Å². The van der Waals surface area contributed by atoms with Gasteiger partial charge in [-0.3, -0.25) is 4.98 Å². The number of nitrogens with zero attached hydrogens (tertiary/aromatic N) is 1. The third kappa shape index (κ3) is 2.55. The number of carbonyl (C=O) groups is 1. The molecule has 1 aliphatic rings. The first-order valence-electron chi connectivity index (χ1n) is 6.73. The molecule has 1 fully saturated rings. The van der Waals surface area contributed by atoms with Crippen LogP contribution >= 0.6 is 0 Å². The molecule has 0 radical (unpaired) electrons. The summed E-state index contributed by atoms with van der Waals surface area (Å²) >= 11 is 0. The van der Waals surface area contributed by atoms with Crippen molar-refractivity contribution in [1.29, 1.82) is 0 Å². The van der Waals surface area contributed by atoms with E-state index < -0.39 is 0 Å². The number of aromatic nitrogens is 1. The number of hydrogen-bond donors (Lipinski definition) is 0. The Labute approximate surface area is 109 Å². The van der Waals surface area contributed by atoms with Crippen LogP contribution in [0.4, 0.5) is 0 Å². The zero-order valence-electron chi connectivity index (χ0n) is 11.6. The lowest BCUT2D eigenvalue weighted by Gasteiger charge is -2.14. The molecule has 18 heavy (non-hydrogen) atoms. The van der Waals surface area contributed by atoms with Crippen molar-refractivity contribution in [2.45, 2.75) is 52.4 Å². The van der Waals surface area contributed by atoms with Crippen LogP contribution in [0.2, 0.25) is 0 Å². The quantitative estimate of drug-likeness (QED) is 0.763. The SMILES string of the molecule is CCOC(=O)c1cc(C)c(C(C)C)nc1C1CC1. The summed E-state index contributed by atoms with van der Waals surface area (Å²) in [5, 5.41) is 0. The van der Waals surface area contributed by atoms with Crippen molar-refractivity contribution in [2.24, 2.45) is 0 Å². The van der Waals surface area contributed by atoms with Gasteiger partial charge in [-0.1, -0.05) is 13.8 Å². The Morgan fingerprint density at radius 2 is 2.17 bits per heavy atom. The van der Waals surface area contributed by atoms with E-state index in [1.807, 2.05) is 19.9 Å². The van der Waals surface area contributed by atoms with E-state index >= 15 is 0 Å². The molecule has 2 rings (SSSR count). The molecule has 0 aromatic carbocycles. The van der Waals surface area contributed by atoms with Crippen molar-refractivity contribution in [3.8, 4) is 0 Å². The first-order chi connectivity index (χ1) is 8.54. The summed E-state index contributed by atoms with van der Waals surface area (Å²) in [7, 11) is 0. The van der Waals surface area contributed by atoms with Crippen LogP contribution in [0.5, 0.6) is 0 Å². The van der Waals surface area contributed by atoms with Gasteiger partial charge in [0.05, 0.1) is 17.9 Å². The lowest BCUT2D eigenvalue weighted by Crippen LogP contribution is -2.12. The maximum Gasteiger partial charge on any atom is 0.339 e. The first kappa shape index (κ1) is 13.1. The van der Waals surface area contributed by atoms with Crippen LogP contribution in [-0.4, -0.2) is 17.6 Å². The average Bonchev–Trinajstić information content (AvgIpc) is 3.12. The Morgan fingerprint density at radius 3 is 2.67 bits per heavy atom. The van der Waals surface area contributed by atoms with Gasteiger partial charge >= 0.3 is 5.97 Å². The molecule has 0 aliphatic heterocycles. The summed E-state index contributed by atoms with van der Waals surface area (Å²) in [6.07, 6.45) is 2.28. The molecule has 1 saturated carbocycles. The van der Waals surface area contributed by atoms with Gasteiger partial charge < -0.3 is 4.74 Å². The minimum absolute atomic E-state index is 0.231. The van der Waals surface area contributed by atoms with E-state index in [1.165, 1.54) is 0 Å². The molecule has 0 spiro atoms. The lowest BCUT2D eigenvalue weighted by atomic mass is 10.00. The van der Waals surface area contributed by atoms with Crippen LogP contribution in [0.3, 0.4) is 0 Å². The Kier molecular flexibility index (Phi) is 3.69. The van der Waals surface area contributed by atoms with Crippen LogP contribution in [-0.2, 0) is 4.74 Å². The zero-order chi connectivity index (χ0) is 13.3. The summed E-state index contributed by atoms with van der Waals surface area (Å²) in [5.41, 5.74) is 3.80. The van der Waals surface area contributed by atoms with E-state index in [2.05, 4.69) is 13.8 Å². The molecular formula is C15H21NO2. The molecule has 0 N–H and O–H groups in total. The number of aryl methyl sites for hydroxylation is 1. The Hall–Kier alpha value is -1.38. The molecule has 3 heteroatoms. The fourth-order valence-corrected chi connectivity index (χ4v) is 2.27. The number of ether oxygens (including phenoxy) is 1. The molecule has 0 amide bonds. The summed E-state index contributed by atoms with van der Waals surface area (Å²) in [5.74, 6) is 0.617. The van der Waals surface area contributed by atoms with Crippen molar-refractivity contribution in [2.75, 3.05) is 6.61 Å². The van der Waals surface area contributed by atoms with Crippen molar-refractivity contribution >= 4 is 5.97 Å². The molecule has 1 heterocycles. The van der Waals surface area contributed by atoms with E-state index in [0.717, 1.165) is 29.8 Å². The smallest absolute Gasteiger partial charge is 0.339 e. The Morgan fingerprint density at radius 1 is 1.50 bits per heavy atom. The molecule has 98 valence electrons. The van der Waals surface area contributed by atoms with E-state index in [1.54, 1.807) is 0 Å². The van der Waals surface area contributed by atoms with E-state index in [9.17, 15) is 4.79 Å². The Bertz CT molecular complexity index is 462. The predicted molar refractivity (Wildman–Crippen MR) is 71.0 cm³/mol. The number of pyridine rings is 1. The topological polar surface area (TPSA) is 39.2 Å². The zero-order valence-corrected chi connectivity index (χ0v) is 11.6.